The van der Waals surface area contributed by atoms with Crippen molar-refractivity contribution in [1.29, 1.82) is 0 Å². The van der Waals surface area contributed by atoms with Crippen molar-refractivity contribution < 1.29 is 4.79 Å². The summed E-state index contributed by atoms with van der Waals surface area (Å²) in [4.78, 5) is 34.9. The molecule has 0 bridgehead atoms. The van der Waals surface area contributed by atoms with E-state index in [1.165, 1.54) is 0 Å². The number of urea groups is 1. The first kappa shape index (κ1) is 22.5. The number of thioether (sulfide) groups is 1. The van der Waals surface area contributed by atoms with Crippen molar-refractivity contribution in [2.45, 2.75) is 24.8 Å². The Morgan fingerprint density at radius 2 is 1.90 bits per heavy atom. The average Bonchev–Trinajstić information content (AvgIpc) is 2.71. The van der Waals surface area contributed by atoms with Crippen molar-refractivity contribution in [3.05, 3.63) is 68.7 Å². The van der Waals surface area contributed by atoms with Gasteiger partial charge in [-0.3, -0.25) is 4.79 Å². The van der Waals surface area contributed by atoms with Crippen LogP contribution in [0.5, 0.6) is 0 Å². The largest absolute Gasteiger partial charge is 0.337 e. The number of benzene rings is 2. The van der Waals surface area contributed by atoms with E-state index in [1.807, 2.05) is 31.2 Å². The van der Waals surface area contributed by atoms with Crippen molar-refractivity contribution in [2.24, 2.45) is 0 Å². The normalized spacial score (nSPS) is 10.9. The average molecular weight is 465 g/mol. The van der Waals surface area contributed by atoms with Gasteiger partial charge in [0.15, 0.2) is 0 Å². The molecule has 1 heterocycles. The number of rotatable bonds is 8. The lowest BCUT2D eigenvalue weighted by Gasteiger charge is -2.22. The third-order valence-electron chi connectivity index (χ3n) is 4.30. The molecule has 0 fully saturated rings. The van der Waals surface area contributed by atoms with Gasteiger partial charge in [-0.05, 0) is 48.9 Å². The molecule has 158 valence electrons. The number of nitrogens with one attached hydrogen (secondary N) is 2. The second-order valence-electron chi connectivity index (χ2n) is 6.63. The molecule has 0 saturated carbocycles. The highest BCUT2D eigenvalue weighted by atomic mass is 35.5. The zero-order chi connectivity index (χ0) is 21.5. The maximum absolute atomic E-state index is 12.6. The highest BCUT2D eigenvalue weighted by Gasteiger charge is 2.15. The van der Waals surface area contributed by atoms with Crippen LogP contribution in [0.3, 0.4) is 0 Å². The maximum Gasteiger partial charge on any atom is 0.317 e. The number of H-pyrrole nitrogens is 1. The molecule has 3 rings (SSSR count). The summed E-state index contributed by atoms with van der Waals surface area (Å²) in [6.45, 7) is 3.27. The van der Waals surface area contributed by atoms with E-state index in [1.54, 1.807) is 34.9 Å². The zero-order valence-corrected chi connectivity index (χ0v) is 18.8. The Hall–Kier alpha value is -2.22. The minimum Gasteiger partial charge on any atom is -0.337 e. The van der Waals surface area contributed by atoms with Crippen LogP contribution in [0.15, 0.2) is 52.2 Å². The van der Waals surface area contributed by atoms with Gasteiger partial charge in [-0.2, -0.15) is 0 Å². The number of carbonyl (C=O) groups is 1. The first-order valence-electron chi connectivity index (χ1n) is 9.56. The molecule has 0 aliphatic carbocycles. The maximum atomic E-state index is 12.6. The van der Waals surface area contributed by atoms with Crippen LogP contribution in [0.25, 0.3) is 10.9 Å². The topological polar surface area (TPSA) is 78.1 Å². The second-order valence-corrected chi connectivity index (χ2v) is 8.67. The van der Waals surface area contributed by atoms with Gasteiger partial charge in [0, 0.05) is 33.8 Å². The summed E-state index contributed by atoms with van der Waals surface area (Å²) in [7, 11) is 0. The third kappa shape index (κ3) is 6.14. The van der Waals surface area contributed by atoms with Crippen LogP contribution in [0.4, 0.5) is 4.79 Å². The van der Waals surface area contributed by atoms with E-state index in [2.05, 4.69) is 15.3 Å². The van der Waals surface area contributed by atoms with Crippen molar-refractivity contribution >= 4 is 51.9 Å². The fraction of sp³-hybridized carbons (Fsp3) is 0.286. The summed E-state index contributed by atoms with van der Waals surface area (Å²) in [5.74, 6) is 1.16. The molecule has 3 aromatic rings. The second kappa shape index (κ2) is 10.7. The molecular formula is C21H22Cl2N4O2S. The highest BCUT2D eigenvalue weighted by Crippen LogP contribution is 2.19. The molecule has 0 radical (unpaired) electrons. The van der Waals surface area contributed by atoms with Crippen LogP contribution >= 0.6 is 35.0 Å². The highest BCUT2D eigenvalue weighted by molar-refractivity contribution is 7.99. The fourth-order valence-corrected chi connectivity index (χ4v) is 3.97. The van der Waals surface area contributed by atoms with E-state index in [4.69, 9.17) is 23.2 Å². The summed E-state index contributed by atoms with van der Waals surface area (Å²) in [6.07, 6.45) is 0.788. The molecule has 1 aromatic heterocycles. The Balaban J connectivity index is 1.60. The van der Waals surface area contributed by atoms with Gasteiger partial charge in [-0.15, -0.1) is 11.8 Å². The Morgan fingerprint density at radius 3 is 2.63 bits per heavy atom. The Kier molecular flexibility index (Phi) is 8.01. The predicted molar refractivity (Wildman–Crippen MR) is 124 cm³/mol. The van der Waals surface area contributed by atoms with Gasteiger partial charge >= 0.3 is 6.03 Å². The summed E-state index contributed by atoms with van der Waals surface area (Å²) in [5.41, 5.74) is 0.264. The molecule has 0 aliphatic heterocycles. The molecule has 2 N–H and O–H groups in total. The van der Waals surface area contributed by atoms with Crippen LogP contribution in [0.2, 0.25) is 10.0 Å². The van der Waals surface area contributed by atoms with Crippen LogP contribution < -0.4 is 10.9 Å². The van der Waals surface area contributed by atoms with Gasteiger partial charge in [-0.1, -0.05) is 30.1 Å². The zero-order valence-electron chi connectivity index (χ0n) is 16.5. The molecule has 0 aliphatic rings. The molecule has 2 amide bonds. The molecular weight excluding hydrogens is 443 g/mol. The Bertz CT molecular complexity index is 1070. The minimum atomic E-state index is -0.247. The molecule has 6 nitrogen and oxygen atoms in total. The van der Waals surface area contributed by atoms with Gasteiger partial charge in [0.2, 0.25) is 0 Å². The number of hydrogen-bond donors (Lipinski definition) is 2. The lowest BCUT2D eigenvalue weighted by molar-refractivity contribution is 0.194. The summed E-state index contributed by atoms with van der Waals surface area (Å²) >= 11 is 13.5. The SMILES string of the molecule is CCCN(Cc1nc2cc(Cl)ccc2c(=O)[nH]1)C(=O)NCCSc1ccc(Cl)cc1. The van der Waals surface area contributed by atoms with Crippen LogP contribution in [0.1, 0.15) is 19.2 Å². The molecule has 2 aromatic carbocycles. The van der Waals surface area contributed by atoms with E-state index < -0.39 is 0 Å². The monoisotopic (exact) mass is 464 g/mol. The Morgan fingerprint density at radius 1 is 1.17 bits per heavy atom. The number of aromatic nitrogens is 2. The van der Waals surface area contributed by atoms with Gasteiger partial charge < -0.3 is 15.2 Å². The third-order valence-corrected chi connectivity index (χ3v) is 5.80. The number of halogens is 2. The van der Waals surface area contributed by atoms with E-state index >= 15 is 0 Å². The lowest BCUT2D eigenvalue weighted by Crippen LogP contribution is -2.41. The predicted octanol–water partition coefficient (Wildman–Crippen LogP) is 4.94. The number of fused-ring (bicyclic) bond motifs is 1. The smallest absolute Gasteiger partial charge is 0.317 e. The number of nitrogens with zero attached hydrogens (tertiary/aromatic N) is 2. The first-order chi connectivity index (χ1) is 14.5. The van der Waals surface area contributed by atoms with Crippen LogP contribution in [-0.4, -0.2) is 39.7 Å². The van der Waals surface area contributed by atoms with Crippen LogP contribution in [0, 0.1) is 0 Å². The number of carbonyl (C=O) groups excluding carboxylic acids is 1. The number of aromatic amines is 1. The van der Waals surface area contributed by atoms with Crippen molar-refractivity contribution in [1.82, 2.24) is 20.2 Å². The van der Waals surface area contributed by atoms with Gasteiger partial charge in [0.25, 0.3) is 5.56 Å². The van der Waals surface area contributed by atoms with Crippen molar-refractivity contribution in [3.8, 4) is 0 Å². The van der Waals surface area contributed by atoms with Crippen LogP contribution in [-0.2, 0) is 6.54 Å². The lowest BCUT2D eigenvalue weighted by atomic mass is 10.2. The van der Waals surface area contributed by atoms with Gasteiger partial charge in [-0.25, -0.2) is 9.78 Å². The van der Waals surface area contributed by atoms with E-state index in [0.717, 1.165) is 17.1 Å². The van der Waals surface area contributed by atoms with Gasteiger partial charge in [0.1, 0.15) is 5.82 Å². The van der Waals surface area contributed by atoms with Crippen molar-refractivity contribution in [2.75, 3.05) is 18.8 Å². The molecule has 9 heteroatoms. The Labute approximate surface area is 189 Å². The standard InChI is InChI=1S/C21H22Cl2N4O2S/c1-2-10-27(21(29)24-9-11-30-16-6-3-14(22)4-7-16)13-19-25-18-12-15(23)5-8-17(18)20(28)26-19/h3-8,12H,2,9-11,13H2,1H3,(H,24,29)(H,25,26,28). The molecule has 30 heavy (non-hydrogen) atoms. The summed E-state index contributed by atoms with van der Waals surface area (Å²) in [5, 5.41) is 4.60. The van der Waals surface area contributed by atoms with E-state index in [0.29, 0.717) is 39.9 Å². The number of hydrogen-bond acceptors (Lipinski definition) is 4. The summed E-state index contributed by atoms with van der Waals surface area (Å²) < 4.78 is 0. The quantitative estimate of drug-likeness (QED) is 0.365. The van der Waals surface area contributed by atoms with E-state index in [9.17, 15) is 9.59 Å². The van der Waals surface area contributed by atoms with Crippen molar-refractivity contribution in [3.63, 3.8) is 0 Å². The molecule has 0 spiro atoms. The summed E-state index contributed by atoms with van der Waals surface area (Å²) in [6, 6.07) is 12.3. The fourth-order valence-electron chi connectivity index (χ4n) is 2.91. The molecule has 0 unspecified atom stereocenters. The number of amides is 2. The first-order valence-corrected chi connectivity index (χ1v) is 11.3. The minimum absolute atomic E-state index is 0.192. The molecule has 0 saturated heterocycles. The molecule has 0 atom stereocenters. The van der Waals surface area contributed by atoms with Gasteiger partial charge in [0.05, 0.1) is 17.4 Å². The van der Waals surface area contributed by atoms with E-state index in [-0.39, 0.29) is 18.1 Å².